The number of carbonyl (C=O) groups is 1. The molecule has 0 aromatic carbocycles. The summed E-state index contributed by atoms with van der Waals surface area (Å²) in [6.45, 7) is 5.81. The summed E-state index contributed by atoms with van der Waals surface area (Å²) in [6.07, 6.45) is 1.38. The summed E-state index contributed by atoms with van der Waals surface area (Å²) in [5.74, 6) is -0.176. The number of nitrogens with zero attached hydrogens (tertiary/aromatic N) is 2. The molecule has 22 heavy (non-hydrogen) atoms. The Balaban J connectivity index is 1.95. The summed E-state index contributed by atoms with van der Waals surface area (Å²) in [7, 11) is 0. The van der Waals surface area contributed by atoms with E-state index in [-0.39, 0.29) is 18.4 Å². The van der Waals surface area contributed by atoms with E-state index in [0.717, 1.165) is 10.7 Å². The van der Waals surface area contributed by atoms with Gasteiger partial charge in [0.05, 0.1) is 5.01 Å². The quantitative estimate of drug-likeness (QED) is 0.839. The molecule has 0 spiro atoms. The molecule has 1 unspecified atom stereocenters. The Bertz CT molecular complexity index is 790. The van der Waals surface area contributed by atoms with E-state index in [9.17, 15) is 14.4 Å². The molecular weight excluding hydrogens is 304 g/mol. The second kappa shape index (κ2) is 6.69. The van der Waals surface area contributed by atoms with Crippen molar-refractivity contribution in [2.45, 2.75) is 33.2 Å². The minimum Gasteiger partial charge on any atom is -0.354 e. The fourth-order valence-electron chi connectivity index (χ4n) is 1.90. The molecule has 1 atom stereocenters. The fraction of sp³-hybridized carbons (Fsp3) is 0.429. The van der Waals surface area contributed by atoms with E-state index in [0.29, 0.717) is 12.1 Å². The Morgan fingerprint density at radius 3 is 2.82 bits per heavy atom. The molecule has 2 heterocycles. The highest BCUT2D eigenvalue weighted by Gasteiger charge is 2.12. The molecule has 118 valence electrons. The van der Waals surface area contributed by atoms with Crippen LogP contribution in [-0.2, 0) is 11.3 Å². The molecule has 2 N–H and O–H groups in total. The largest absolute Gasteiger partial charge is 0.354 e. The predicted molar refractivity (Wildman–Crippen MR) is 84.3 cm³/mol. The van der Waals surface area contributed by atoms with Gasteiger partial charge in [-0.05, 0) is 13.8 Å². The Hall–Kier alpha value is -2.22. The van der Waals surface area contributed by atoms with Crippen LogP contribution in [0.5, 0.6) is 0 Å². The lowest BCUT2D eigenvalue weighted by Crippen LogP contribution is -2.37. The van der Waals surface area contributed by atoms with Gasteiger partial charge in [-0.15, -0.1) is 11.3 Å². The molecule has 2 rings (SSSR count). The zero-order valence-electron chi connectivity index (χ0n) is 12.7. The van der Waals surface area contributed by atoms with E-state index in [4.69, 9.17) is 0 Å². The van der Waals surface area contributed by atoms with Gasteiger partial charge >= 0.3 is 5.69 Å². The van der Waals surface area contributed by atoms with E-state index in [1.54, 1.807) is 18.3 Å². The first-order valence-corrected chi connectivity index (χ1v) is 7.74. The number of H-pyrrole nitrogens is 1. The number of thiazole rings is 1. The molecule has 0 aliphatic carbocycles. The highest BCUT2D eigenvalue weighted by Crippen LogP contribution is 2.18. The minimum absolute atomic E-state index is 0.108. The summed E-state index contributed by atoms with van der Waals surface area (Å²) < 4.78 is 1.18. The Morgan fingerprint density at radius 2 is 2.18 bits per heavy atom. The number of aryl methyl sites for hydroxylation is 2. The van der Waals surface area contributed by atoms with Gasteiger partial charge in [0.2, 0.25) is 5.91 Å². The zero-order valence-corrected chi connectivity index (χ0v) is 13.5. The van der Waals surface area contributed by atoms with Crippen LogP contribution in [-0.4, -0.2) is 27.0 Å². The highest BCUT2D eigenvalue weighted by atomic mass is 32.1. The van der Waals surface area contributed by atoms with Crippen molar-refractivity contribution in [2.75, 3.05) is 6.54 Å². The lowest BCUT2D eigenvalue weighted by Gasteiger charge is -2.11. The van der Waals surface area contributed by atoms with E-state index in [1.807, 2.05) is 19.2 Å². The van der Waals surface area contributed by atoms with Gasteiger partial charge in [0.15, 0.2) is 0 Å². The monoisotopic (exact) mass is 322 g/mol. The van der Waals surface area contributed by atoms with Gasteiger partial charge in [-0.1, -0.05) is 6.92 Å². The standard InChI is InChI=1S/C14H18N4O3S/c1-8(13-16-10(3)7-22-13)4-15-11(19)6-18-5-9(2)12(20)17-14(18)21/h5,7-8H,4,6H2,1-3H3,(H,15,19)(H,17,20,21). The Morgan fingerprint density at radius 1 is 1.45 bits per heavy atom. The second-order valence-electron chi connectivity index (χ2n) is 5.23. The van der Waals surface area contributed by atoms with Crippen LogP contribution in [0.25, 0.3) is 0 Å². The van der Waals surface area contributed by atoms with Gasteiger partial charge in [0.1, 0.15) is 6.54 Å². The maximum atomic E-state index is 11.9. The van der Waals surface area contributed by atoms with Crippen molar-refractivity contribution >= 4 is 17.2 Å². The first-order chi connectivity index (χ1) is 10.4. The number of hydrogen-bond donors (Lipinski definition) is 2. The second-order valence-corrected chi connectivity index (χ2v) is 6.12. The summed E-state index contributed by atoms with van der Waals surface area (Å²) in [5.41, 5.74) is 0.330. The lowest BCUT2D eigenvalue weighted by molar-refractivity contribution is -0.121. The number of nitrogens with one attached hydrogen (secondary N) is 2. The van der Waals surface area contributed by atoms with Crippen molar-refractivity contribution in [3.8, 4) is 0 Å². The summed E-state index contributed by atoms with van der Waals surface area (Å²) in [6, 6.07) is 0. The molecule has 0 bridgehead atoms. The molecule has 0 fully saturated rings. The van der Waals surface area contributed by atoms with Crippen LogP contribution in [0, 0.1) is 13.8 Å². The van der Waals surface area contributed by atoms with Gasteiger partial charge in [0.25, 0.3) is 5.56 Å². The molecule has 0 aliphatic heterocycles. The van der Waals surface area contributed by atoms with E-state index < -0.39 is 11.2 Å². The van der Waals surface area contributed by atoms with Crippen LogP contribution in [0.1, 0.15) is 29.1 Å². The van der Waals surface area contributed by atoms with Crippen LogP contribution >= 0.6 is 11.3 Å². The first-order valence-electron chi connectivity index (χ1n) is 6.86. The summed E-state index contributed by atoms with van der Waals surface area (Å²) in [4.78, 5) is 41.4. The third kappa shape index (κ3) is 3.91. The van der Waals surface area contributed by atoms with Gasteiger partial charge in [-0.25, -0.2) is 9.78 Å². The summed E-state index contributed by atoms with van der Waals surface area (Å²) in [5, 5.41) is 5.71. The summed E-state index contributed by atoms with van der Waals surface area (Å²) >= 11 is 1.56. The van der Waals surface area contributed by atoms with Crippen molar-refractivity contribution in [3.05, 3.63) is 48.7 Å². The molecule has 0 saturated heterocycles. The van der Waals surface area contributed by atoms with Crippen molar-refractivity contribution in [1.82, 2.24) is 19.9 Å². The van der Waals surface area contributed by atoms with E-state index >= 15 is 0 Å². The molecule has 1 amide bonds. The molecule has 0 saturated carbocycles. The number of carbonyl (C=O) groups excluding carboxylic acids is 1. The maximum absolute atomic E-state index is 11.9. The average Bonchev–Trinajstić information content (AvgIpc) is 2.89. The normalized spacial score (nSPS) is 12.1. The zero-order chi connectivity index (χ0) is 16.3. The molecule has 2 aromatic rings. The van der Waals surface area contributed by atoms with Crippen LogP contribution in [0.3, 0.4) is 0 Å². The Kier molecular flexibility index (Phi) is 4.92. The predicted octanol–water partition coefficient (Wildman–Crippen LogP) is 0.530. The lowest BCUT2D eigenvalue weighted by atomic mass is 10.2. The van der Waals surface area contributed by atoms with Crippen molar-refractivity contribution in [3.63, 3.8) is 0 Å². The van der Waals surface area contributed by atoms with Gasteiger partial charge in [0, 0.05) is 35.3 Å². The number of rotatable bonds is 5. The average molecular weight is 322 g/mol. The van der Waals surface area contributed by atoms with E-state index in [1.165, 1.54) is 10.8 Å². The van der Waals surface area contributed by atoms with Gasteiger partial charge < -0.3 is 5.32 Å². The number of aromatic amines is 1. The molecular formula is C14H18N4O3S. The molecule has 7 nitrogen and oxygen atoms in total. The van der Waals surface area contributed by atoms with Crippen LogP contribution in [0.2, 0.25) is 0 Å². The highest BCUT2D eigenvalue weighted by molar-refractivity contribution is 7.09. The van der Waals surface area contributed by atoms with Gasteiger partial charge in [-0.2, -0.15) is 0 Å². The topological polar surface area (TPSA) is 96.9 Å². The molecule has 0 aliphatic rings. The molecule has 2 aromatic heterocycles. The Labute approximate surface area is 131 Å². The third-order valence-electron chi connectivity index (χ3n) is 3.17. The number of amides is 1. The third-order valence-corrected chi connectivity index (χ3v) is 4.36. The SMILES string of the molecule is Cc1csc(C(C)CNC(=O)Cn2cc(C)c(=O)[nH]c2=O)n1. The van der Waals surface area contributed by atoms with E-state index in [2.05, 4.69) is 15.3 Å². The minimum atomic E-state index is -0.589. The molecule has 0 radical (unpaired) electrons. The maximum Gasteiger partial charge on any atom is 0.328 e. The molecule has 8 heteroatoms. The van der Waals surface area contributed by atoms with Crippen LogP contribution < -0.4 is 16.6 Å². The van der Waals surface area contributed by atoms with Crippen LogP contribution in [0.4, 0.5) is 0 Å². The van der Waals surface area contributed by atoms with Crippen molar-refractivity contribution in [2.24, 2.45) is 0 Å². The smallest absolute Gasteiger partial charge is 0.328 e. The number of aromatic nitrogens is 3. The number of hydrogen-bond acceptors (Lipinski definition) is 5. The van der Waals surface area contributed by atoms with Crippen molar-refractivity contribution < 1.29 is 4.79 Å². The fourth-order valence-corrected chi connectivity index (χ4v) is 2.76. The van der Waals surface area contributed by atoms with Crippen LogP contribution in [0.15, 0.2) is 21.2 Å². The van der Waals surface area contributed by atoms with Crippen molar-refractivity contribution in [1.29, 1.82) is 0 Å². The van der Waals surface area contributed by atoms with Gasteiger partial charge in [-0.3, -0.25) is 19.1 Å². The first kappa shape index (κ1) is 16.2.